The van der Waals surface area contributed by atoms with Gasteiger partial charge in [0.05, 0.1) is 0 Å². The molecule has 3 heteroatoms. The zero-order chi connectivity index (χ0) is 11.9. The predicted molar refractivity (Wildman–Crippen MR) is 72.4 cm³/mol. The van der Waals surface area contributed by atoms with Crippen molar-refractivity contribution in [2.75, 3.05) is 24.5 Å². The van der Waals surface area contributed by atoms with E-state index in [1.165, 1.54) is 37.9 Å². The average Bonchev–Trinajstić information content (AvgIpc) is 2.88. The van der Waals surface area contributed by atoms with Crippen molar-refractivity contribution in [3.8, 4) is 0 Å². The third-order valence-corrected chi connectivity index (χ3v) is 3.41. The van der Waals surface area contributed by atoms with E-state index in [1.54, 1.807) is 0 Å². The van der Waals surface area contributed by atoms with Crippen molar-refractivity contribution < 1.29 is 0 Å². The van der Waals surface area contributed by atoms with Gasteiger partial charge in [0, 0.05) is 37.2 Å². The number of pyridine rings is 1. The molecule has 0 radical (unpaired) electrons. The summed E-state index contributed by atoms with van der Waals surface area (Å²) in [5.74, 6) is 0. The molecular weight excluding hydrogens is 210 g/mol. The van der Waals surface area contributed by atoms with E-state index in [-0.39, 0.29) is 0 Å². The molecule has 0 aliphatic carbocycles. The van der Waals surface area contributed by atoms with E-state index in [2.05, 4.69) is 34.3 Å². The fraction of sp³-hybridized carbons (Fsp3) is 0.643. The molecule has 0 saturated carbocycles. The summed E-state index contributed by atoms with van der Waals surface area (Å²) < 4.78 is 0. The Hall–Kier alpha value is -1.09. The Kier molecular flexibility index (Phi) is 4.80. The maximum atomic E-state index is 4.10. The molecule has 1 aliphatic rings. The first kappa shape index (κ1) is 12.4. The van der Waals surface area contributed by atoms with Gasteiger partial charge in [-0.15, -0.1) is 0 Å². The van der Waals surface area contributed by atoms with Gasteiger partial charge in [0.2, 0.25) is 0 Å². The van der Waals surface area contributed by atoms with Crippen LogP contribution in [0.15, 0.2) is 24.5 Å². The number of hydrogen-bond donors (Lipinski definition) is 1. The van der Waals surface area contributed by atoms with Crippen LogP contribution in [0.1, 0.15) is 32.6 Å². The van der Waals surface area contributed by atoms with Crippen LogP contribution in [0.5, 0.6) is 0 Å². The molecule has 1 N–H and O–H groups in total. The lowest BCUT2D eigenvalue weighted by Gasteiger charge is -2.27. The Balaban J connectivity index is 1.97. The van der Waals surface area contributed by atoms with Crippen molar-refractivity contribution in [1.29, 1.82) is 0 Å². The molecule has 3 nitrogen and oxygen atoms in total. The monoisotopic (exact) mass is 233 g/mol. The maximum absolute atomic E-state index is 4.10. The van der Waals surface area contributed by atoms with E-state index >= 15 is 0 Å². The molecule has 0 bridgehead atoms. The molecule has 0 spiro atoms. The average molecular weight is 233 g/mol. The topological polar surface area (TPSA) is 28.2 Å². The molecule has 1 aromatic rings. The molecule has 1 fully saturated rings. The van der Waals surface area contributed by atoms with E-state index < -0.39 is 0 Å². The van der Waals surface area contributed by atoms with E-state index in [4.69, 9.17) is 0 Å². The Morgan fingerprint density at radius 2 is 2.24 bits per heavy atom. The van der Waals surface area contributed by atoms with Crippen LogP contribution in [0.25, 0.3) is 0 Å². The molecule has 1 saturated heterocycles. The summed E-state index contributed by atoms with van der Waals surface area (Å²) in [5, 5.41) is 3.58. The lowest BCUT2D eigenvalue weighted by atomic mass is 10.2. The SMILES string of the molecule is CCCCN(CC1CCCN1)c1ccncc1. The van der Waals surface area contributed by atoms with Crippen LogP contribution < -0.4 is 10.2 Å². The quantitative estimate of drug-likeness (QED) is 0.818. The number of rotatable bonds is 6. The van der Waals surface area contributed by atoms with Gasteiger partial charge >= 0.3 is 0 Å². The molecule has 94 valence electrons. The Labute approximate surface area is 104 Å². The van der Waals surface area contributed by atoms with Crippen molar-refractivity contribution in [3.05, 3.63) is 24.5 Å². The molecule has 17 heavy (non-hydrogen) atoms. The zero-order valence-corrected chi connectivity index (χ0v) is 10.7. The van der Waals surface area contributed by atoms with Crippen LogP contribution in [0.4, 0.5) is 5.69 Å². The molecular formula is C14H23N3. The predicted octanol–water partition coefficient (Wildman–Crippen LogP) is 2.44. The Morgan fingerprint density at radius 1 is 1.41 bits per heavy atom. The minimum Gasteiger partial charge on any atom is -0.370 e. The zero-order valence-electron chi connectivity index (χ0n) is 10.7. The third-order valence-electron chi connectivity index (χ3n) is 3.41. The van der Waals surface area contributed by atoms with E-state index in [1.807, 2.05) is 12.4 Å². The summed E-state index contributed by atoms with van der Waals surface area (Å²) in [5.41, 5.74) is 1.31. The number of nitrogens with zero attached hydrogens (tertiary/aromatic N) is 2. The lowest BCUT2D eigenvalue weighted by Crippen LogP contribution is -2.38. The van der Waals surface area contributed by atoms with Crippen LogP contribution in [0, 0.1) is 0 Å². The number of unbranched alkanes of at least 4 members (excludes halogenated alkanes) is 1. The highest BCUT2D eigenvalue weighted by Gasteiger charge is 2.17. The van der Waals surface area contributed by atoms with Crippen molar-refractivity contribution in [1.82, 2.24) is 10.3 Å². The molecule has 2 rings (SSSR count). The smallest absolute Gasteiger partial charge is 0.0397 e. The van der Waals surface area contributed by atoms with Crippen LogP contribution in [-0.2, 0) is 0 Å². The standard InChI is InChI=1S/C14H23N3/c1-2-3-11-17(12-13-5-4-8-16-13)14-6-9-15-10-7-14/h6-7,9-10,13,16H,2-5,8,11-12H2,1H3. The fourth-order valence-corrected chi connectivity index (χ4v) is 2.41. The van der Waals surface area contributed by atoms with Gasteiger partial charge < -0.3 is 10.2 Å². The summed E-state index contributed by atoms with van der Waals surface area (Å²) in [7, 11) is 0. The van der Waals surface area contributed by atoms with Gasteiger partial charge in [-0.1, -0.05) is 13.3 Å². The van der Waals surface area contributed by atoms with Crippen LogP contribution in [0.2, 0.25) is 0 Å². The number of aromatic nitrogens is 1. The highest BCUT2D eigenvalue weighted by Crippen LogP contribution is 2.16. The summed E-state index contributed by atoms with van der Waals surface area (Å²) in [6.45, 7) is 5.71. The van der Waals surface area contributed by atoms with Crippen molar-refractivity contribution in [2.24, 2.45) is 0 Å². The minimum absolute atomic E-state index is 0.667. The minimum atomic E-state index is 0.667. The number of anilines is 1. The second kappa shape index (κ2) is 6.60. The van der Waals surface area contributed by atoms with Crippen molar-refractivity contribution >= 4 is 5.69 Å². The van der Waals surface area contributed by atoms with E-state index in [9.17, 15) is 0 Å². The van der Waals surface area contributed by atoms with Crippen LogP contribution in [-0.4, -0.2) is 30.7 Å². The third kappa shape index (κ3) is 3.70. The highest BCUT2D eigenvalue weighted by molar-refractivity contribution is 5.44. The highest BCUT2D eigenvalue weighted by atomic mass is 15.2. The van der Waals surface area contributed by atoms with Gasteiger partial charge in [-0.2, -0.15) is 0 Å². The summed E-state index contributed by atoms with van der Waals surface area (Å²) in [4.78, 5) is 6.59. The normalized spacial score (nSPS) is 19.5. The molecule has 0 amide bonds. The van der Waals surface area contributed by atoms with Crippen LogP contribution in [0.3, 0.4) is 0 Å². The van der Waals surface area contributed by atoms with Gasteiger partial charge in [0.25, 0.3) is 0 Å². The van der Waals surface area contributed by atoms with Gasteiger partial charge in [-0.05, 0) is 37.9 Å². The molecule has 1 unspecified atom stereocenters. The van der Waals surface area contributed by atoms with Gasteiger partial charge in [0.15, 0.2) is 0 Å². The molecule has 0 aromatic carbocycles. The summed E-state index contributed by atoms with van der Waals surface area (Å²) >= 11 is 0. The number of nitrogens with one attached hydrogen (secondary N) is 1. The molecule has 1 aliphatic heterocycles. The molecule has 1 atom stereocenters. The largest absolute Gasteiger partial charge is 0.370 e. The van der Waals surface area contributed by atoms with Crippen molar-refractivity contribution in [2.45, 2.75) is 38.6 Å². The van der Waals surface area contributed by atoms with E-state index in [0.717, 1.165) is 13.1 Å². The molecule has 1 aromatic heterocycles. The first-order valence-corrected chi connectivity index (χ1v) is 6.78. The van der Waals surface area contributed by atoms with Gasteiger partial charge in [0.1, 0.15) is 0 Å². The molecule has 2 heterocycles. The first-order chi connectivity index (χ1) is 8.40. The van der Waals surface area contributed by atoms with Gasteiger partial charge in [-0.25, -0.2) is 0 Å². The Bertz CT molecular complexity index is 307. The fourth-order valence-electron chi connectivity index (χ4n) is 2.41. The lowest BCUT2D eigenvalue weighted by molar-refractivity contribution is 0.572. The summed E-state index contributed by atoms with van der Waals surface area (Å²) in [6, 6.07) is 4.90. The van der Waals surface area contributed by atoms with Crippen LogP contribution >= 0.6 is 0 Å². The van der Waals surface area contributed by atoms with Gasteiger partial charge in [-0.3, -0.25) is 4.98 Å². The van der Waals surface area contributed by atoms with E-state index in [0.29, 0.717) is 6.04 Å². The second-order valence-corrected chi connectivity index (χ2v) is 4.80. The first-order valence-electron chi connectivity index (χ1n) is 6.78. The number of hydrogen-bond acceptors (Lipinski definition) is 3. The summed E-state index contributed by atoms with van der Waals surface area (Å²) in [6.07, 6.45) is 8.91. The van der Waals surface area contributed by atoms with Crippen molar-refractivity contribution in [3.63, 3.8) is 0 Å². The maximum Gasteiger partial charge on any atom is 0.0397 e. The Morgan fingerprint density at radius 3 is 2.88 bits per heavy atom. The second-order valence-electron chi connectivity index (χ2n) is 4.80.